The minimum atomic E-state index is -0.488. The van der Waals surface area contributed by atoms with Crippen LogP contribution in [-0.2, 0) is 22.3 Å². The maximum absolute atomic E-state index is 14.4. The number of nitrogens with zero attached hydrogens (tertiary/aromatic N) is 2. The van der Waals surface area contributed by atoms with Gasteiger partial charge in [0.25, 0.3) is 5.91 Å². The molecule has 34 heavy (non-hydrogen) atoms. The van der Waals surface area contributed by atoms with Crippen LogP contribution >= 0.6 is 0 Å². The Bertz CT molecular complexity index is 1150. The maximum atomic E-state index is 14.4. The molecule has 3 heterocycles. The molecule has 176 valence electrons. The van der Waals surface area contributed by atoms with E-state index in [4.69, 9.17) is 14.2 Å². The van der Waals surface area contributed by atoms with Crippen molar-refractivity contribution in [2.24, 2.45) is 0 Å². The molecular formula is C26H26FN3O4. The fourth-order valence-electron chi connectivity index (χ4n) is 4.43. The van der Waals surface area contributed by atoms with Crippen molar-refractivity contribution in [2.45, 2.75) is 31.4 Å². The zero-order valence-electron chi connectivity index (χ0n) is 18.7. The van der Waals surface area contributed by atoms with Gasteiger partial charge in [-0.25, -0.2) is 9.97 Å². The Morgan fingerprint density at radius 2 is 2.03 bits per heavy atom. The zero-order valence-corrected chi connectivity index (χ0v) is 18.7. The maximum Gasteiger partial charge on any atom is 0.253 e. The second kappa shape index (κ2) is 10.3. The quantitative estimate of drug-likeness (QED) is 0.565. The number of pyridine rings is 2. The highest BCUT2D eigenvalue weighted by Gasteiger charge is 2.24. The van der Waals surface area contributed by atoms with Gasteiger partial charge in [-0.3, -0.25) is 4.79 Å². The average Bonchev–Trinajstić information content (AvgIpc) is 2.88. The summed E-state index contributed by atoms with van der Waals surface area (Å²) in [5.41, 5.74) is 4.01. The van der Waals surface area contributed by atoms with Crippen LogP contribution in [0.3, 0.4) is 0 Å². The van der Waals surface area contributed by atoms with E-state index in [0.29, 0.717) is 49.9 Å². The number of aryl methyl sites for hydroxylation is 1. The van der Waals surface area contributed by atoms with Crippen LogP contribution in [0.25, 0.3) is 11.1 Å². The normalized spacial score (nSPS) is 19.8. The van der Waals surface area contributed by atoms with Crippen molar-refractivity contribution >= 4 is 5.91 Å². The Labute approximate surface area is 197 Å². The summed E-state index contributed by atoms with van der Waals surface area (Å²) in [7, 11) is 0. The predicted octanol–water partition coefficient (Wildman–Crippen LogP) is 3.36. The summed E-state index contributed by atoms with van der Waals surface area (Å²) in [6.45, 7) is 2.01. The van der Waals surface area contributed by atoms with E-state index in [1.165, 1.54) is 18.0 Å². The molecule has 2 atom stereocenters. The van der Waals surface area contributed by atoms with Crippen LogP contribution in [0.2, 0.25) is 0 Å². The highest BCUT2D eigenvalue weighted by molar-refractivity contribution is 5.94. The largest absolute Gasteiger partial charge is 0.475 e. The van der Waals surface area contributed by atoms with Gasteiger partial charge in [0, 0.05) is 30.1 Å². The number of benzene rings is 1. The number of halogens is 1. The highest BCUT2D eigenvalue weighted by Crippen LogP contribution is 2.32. The van der Waals surface area contributed by atoms with Crippen LogP contribution < -0.4 is 10.1 Å². The Hall–Kier alpha value is -3.36. The van der Waals surface area contributed by atoms with Crippen molar-refractivity contribution in [3.05, 3.63) is 77.5 Å². The lowest BCUT2D eigenvalue weighted by atomic mass is 9.83. The Morgan fingerprint density at radius 3 is 2.82 bits per heavy atom. The van der Waals surface area contributed by atoms with Crippen LogP contribution in [0.5, 0.6) is 5.88 Å². The summed E-state index contributed by atoms with van der Waals surface area (Å²) in [5, 5.41) is 3.11. The van der Waals surface area contributed by atoms with Gasteiger partial charge < -0.3 is 19.5 Å². The third-order valence-electron chi connectivity index (χ3n) is 6.17. The van der Waals surface area contributed by atoms with Gasteiger partial charge >= 0.3 is 0 Å². The molecule has 2 aromatic heterocycles. The molecule has 0 saturated carbocycles. The van der Waals surface area contributed by atoms with E-state index in [-0.39, 0.29) is 18.1 Å². The van der Waals surface area contributed by atoms with Gasteiger partial charge in [-0.15, -0.1) is 0 Å². The summed E-state index contributed by atoms with van der Waals surface area (Å²) in [5.74, 6) is -0.250. The highest BCUT2D eigenvalue weighted by atomic mass is 19.1. The molecular weight excluding hydrogens is 437 g/mol. The molecule has 1 aromatic carbocycles. The molecule has 2 aliphatic rings. The van der Waals surface area contributed by atoms with Gasteiger partial charge in [0.15, 0.2) is 0 Å². The average molecular weight is 464 g/mol. The number of aromatic nitrogens is 2. The Morgan fingerprint density at radius 1 is 1.12 bits per heavy atom. The summed E-state index contributed by atoms with van der Waals surface area (Å²) in [4.78, 5) is 20.9. The topological polar surface area (TPSA) is 82.6 Å². The lowest BCUT2D eigenvalue weighted by Gasteiger charge is -2.27. The molecule has 7 nitrogen and oxygen atoms in total. The minimum Gasteiger partial charge on any atom is -0.475 e. The number of hydrogen-bond donors (Lipinski definition) is 1. The summed E-state index contributed by atoms with van der Waals surface area (Å²) >= 11 is 0. The van der Waals surface area contributed by atoms with E-state index < -0.39 is 5.95 Å². The predicted molar refractivity (Wildman–Crippen MR) is 123 cm³/mol. The van der Waals surface area contributed by atoms with E-state index in [9.17, 15) is 9.18 Å². The standard InChI is InChI=1S/C26H26FN3O4/c27-25-22(5-2-10-28-25)21-4-1-3-17-6-8-19(13-23(17)21)30-26(31)18-7-9-24(29-14-18)34-16-20-15-32-11-12-33-20/h1-5,7,9-10,14,19-20H,6,8,11-13,15-16H2,(H,30,31). The first kappa shape index (κ1) is 22.4. The molecule has 8 heteroatoms. The first-order valence-electron chi connectivity index (χ1n) is 11.5. The number of carbonyl (C=O) groups is 1. The number of rotatable bonds is 6. The second-order valence-corrected chi connectivity index (χ2v) is 8.46. The zero-order chi connectivity index (χ0) is 23.3. The molecule has 1 N–H and O–H groups in total. The van der Waals surface area contributed by atoms with Crippen LogP contribution in [-0.4, -0.2) is 54.4 Å². The molecule has 5 rings (SSSR count). The van der Waals surface area contributed by atoms with Gasteiger partial charge in [-0.05, 0) is 54.2 Å². The molecule has 0 spiro atoms. The van der Waals surface area contributed by atoms with Gasteiger partial charge in [-0.2, -0.15) is 4.39 Å². The Kier molecular flexibility index (Phi) is 6.78. The number of amides is 1. The van der Waals surface area contributed by atoms with Gasteiger partial charge in [0.1, 0.15) is 12.7 Å². The van der Waals surface area contributed by atoms with Crippen molar-refractivity contribution in [3.63, 3.8) is 0 Å². The SMILES string of the molecule is O=C(NC1CCc2cccc(-c3cccnc3F)c2C1)c1ccc(OCC2COCCO2)nc1. The van der Waals surface area contributed by atoms with E-state index in [1.807, 2.05) is 12.1 Å². The van der Waals surface area contributed by atoms with E-state index >= 15 is 0 Å². The first-order valence-corrected chi connectivity index (χ1v) is 11.5. The first-order chi connectivity index (χ1) is 16.7. The third-order valence-corrected chi connectivity index (χ3v) is 6.17. The monoisotopic (exact) mass is 463 g/mol. The van der Waals surface area contributed by atoms with Crippen molar-refractivity contribution in [1.29, 1.82) is 0 Å². The lowest BCUT2D eigenvalue weighted by Crippen LogP contribution is -2.39. The molecule has 0 radical (unpaired) electrons. The molecule has 3 aromatic rings. The Balaban J connectivity index is 1.22. The smallest absolute Gasteiger partial charge is 0.253 e. The van der Waals surface area contributed by atoms with Crippen LogP contribution in [0.1, 0.15) is 27.9 Å². The molecule has 1 aliphatic heterocycles. The van der Waals surface area contributed by atoms with Crippen LogP contribution in [0.4, 0.5) is 4.39 Å². The van der Waals surface area contributed by atoms with E-state index in [1.54, 1.807) is 24.3 Å². The fourth-order valence-corrected chi connectivity index (χ4v) is 4.43. The lowest BCUT2D eigenvalue weighted by molar-refractivity contribution is -0.102. The molecule has 1 fully saturated rings. The van der Waals surface area contributed by atoms with Gasteiger partial charge in [-0.1, -0.05) is 18.2 Å². The second-order valence-electron chi connectivity index (χ2n) is 8.46. The summed E-state index contributed by atoms with van der Waals surface area (Å²) < 4.78 is 30.9. The number of nitrogens with one attached hydrogen (secondary N) is 1. The molecule has 1 amide bonds. The molecule has 0 bridgehead atoms. The number of ether oxygens (including phenoxy) is 3. The summed E-state index contributed by atoms with van der Waals surface area (Å²) in [6.07, 6.45) is 5.10. The minimum absolute atomic E-state index is 0.0553. The fraction of sp³-hybridized carbons (Fsp3) is 0.346. The van der Waals surface area contributed by atoms with Crippen LogP contribution in [0.15, 0.2) is 54.9 Å². The van der Waals surface area contributed by atoms with Crippen molar-refractivity contribution in [1.82, 2.24) is 15.3 Å². The third kappa shape index (κ3) is 5.08. The number of fused-ring (bicyclic) bond motifs is 1. The van der Waals surface area contributed by atoms with Gasteiger partial charge in [0.05, 0.1) is 25.4 Å². The van der Waals surface area contributed by atoms with Gasteiger partial charge in [0.2, 0.25) is 11.8 Å². The van der Waals surface area contributed by atoms with Crippen molar-refractivity contribution < 1.29 is 23.4 Å². The molecule has 1 aliphatic carbocycles. The van der Waals surface area contributed by atoms with Crippen molar-refractivity contribution in [3.8, 4) is 17.0 Å². The summed E-state index contributed by atoms with van der Waals surface area (Å²) in [6, 6.07) is 12.7. The van der Waals surface area contributed by atoms with E-state index in [2.05, 4.69) is 21.4 Å². The molecule has 1 saturated heterocycles. The van der Waals surface area contributed by atoms with E-state index in [0.717, 1.165) is 24.0 Å². The molecule has 2 unspecified atom stereocenters. The number of hydrogen-bond acceptors (Lipinski definition) is 6. The van der Waals surface area contributed by atoms with Crippen molar-refractivity contribution in [2.75, 3.05) is 26.4 Å². The number of carbonyl (C=O) groups excluding carboxylic acids is 1. The van der Waals surface area contributed by atoms with Crippen LogP contribution in [0, 0.1) is 5.95 Å².